The van der Waals surface area contributed by atoms with E-state index in [0.29, 0.717) is 19.5 Å². The number of nitrogens with zero attached hydrogens (tertiary/aromatic N) is 2. The van der Waals surface area contributed by atoms with Crippen LogP contribution in [0.2, 0.25) is 0 Å². The van der Waals surface area contributed by atoms with Gasteiger partial charge in [0.1, 0.15) is 10.8 Å². The van der Waals surface area contributed by atoms with Crippen LogP contribution >= 0.6 is 11.3 Å². The van der Waals surface area contributed by atoms with E-state index in [1.54, 1.807) is 29.4 Å². The molecule has 6 heteroatoms. The van der Waals surface area contributed by atoms with Crippen LogP contribution in [0.4, 0.5) is 9.18 Å². The van der Waals surface area contributed by atoms with Crippen LogP contribution in [0.1, 0.15) is 10.6 Å². The first-order valence-corrected chi connectivity index (χ1v) is 8.51. The molecule has 2 amide bonds. The van der Waals surface area contributed by atoms with E-state index in [2.05, 4.69) is 10.3 Å². The van der Waals surface area contributed by atoms with E-state index in [9.17, 15) is 9.18 Å². The van der Waals surface area contributed by atoms with Gasteiger partial charge in [-0.05, 0) is 36.2 Å². The Morgan fingerprint density at radius 2 is 2.08 bits per heavy atom. The maximum Gasteiger partial charge on any atom is 0.317 e. The number of aromatic nitrogens is 1. The second-order valence-electron chi connectivity index (χ2n) is 5.54. The summed E-state index contributed by atoms with van der Waals surface area (Å²) in [6.07, 6.45) is 0.596. The van der Waals surface area contributed by atoms with Crippen molar-refractivity contribution in [2.75, 3.05) is 13.6 Å². The summed E-state index contributed by atoms with van der Waals surface area (Å²) >= 11 is 1.59. The topological polar surface area (TPSA) is 45.2 Å². The third-order valence-corrected chi connectivity index (χ3v) is 4.66. The summed E-state index contributed by atoms with van der Waals surface area (Å²) in [5.74, 6) is -0.258. The summed E-state index contributed by atoms with van der Waals surface area (Å²) < 4.78 is 14.2. The van der Waals surface area contributed by atoms with Crippen LogP contribution in [-0.4, -0.2) is 29.5 Å². The number of rotatable bonds is 5. The maximum atomic E-state index is 13.1. The first-order chi connectivity index (χ1) is 11.6. The number of fused-ring (bicyclic) bond motifs is 1. The molecule has 24 heavy (non-hydrogen) atoms. The molecular weight excluding hydrogens is 325 g/mol. The van der Waals surface area contributed by atoms with Gasteiger partial charge < -0.3 is 10.2 Å². The molecule has 1 heterocycles. The molecule has 0 aliphatic heterocycles. The van der Waals surface area contributed by atoms with E-state index in [0.717, 1.165) is 20.8 Å². The van der Waals surface area contributed by atoms with Crippen LogP contribution < -0.4 is 5.32 Å². The monoisotopic (exact) mass is 343 g/mol. The molecule has 0 aliphatic rings. The minimum atomic E-state index is -0.258. The molecule has 1 aromatic heterocycles. The summed E-state index contributed by atoms with van der Waals surface area (Å²) in [4.78, 5) is 18.3. The summed E-state index contributed by atoms with van der Waals surface area (Å²) in [5, 5.41) is 3.75. The summed E-state index contributed by atoms with van der Waals surface area (Å²) in [7, 11) is 1.74. The van der Waals surface area contributed by atoms with Gasteiger partial charge in [-0.2, -0.15) is 0 Å². The molecule has 3 aromatic rings. The fourth-order valence-corrected chi connectivity index (χ4v) is 3.42. The van der Waals surface area contributed by atoms with Gasteiger partial charge in [-0.15, -0.1) is 11.3 Å². The van der Waals surface area contributed by atoms with Gasteiger partial charge in [0.25, 0.3) is 0 Å². The Balaban J connectivity index is 1.51. The predicted octanol–water partition coefficient (Wildman–Crippen LogP) is 3.82. The lowest BCUT2D eigenvalue weighted by molar-refractivity contribution is 0.207. The number of benzene rings is 2. The van der Waals surface area contributed by atoms with E-state index in [4.69, 9.17) is 0 Å². The van der Waals surface area contributed by atoms with Gasteiger partial charge in [-0.1, -0.05) is 24.3 Å². The molecule has 2 aromatic carbocycles. The van der Waals surface area contributed by atoms with E-state index in [1.165, 1.54) is 12.1 Å². The molecule has 0 fully saturated rings. The quantitative estimate of drug-likeness (QED) is 0.765. The molecule has 1 N–H and O–H groups in total. The molecule has 0 unspecified atom stereocenters. The van der Waals surface area contributed by atoms with Gasteiger partial charge in [0.15, 0.2) is 0 Å². The standard InChI is InChI=1S/C18H18FN3OS/c1-22(12-17-21-15-7-2-3-8-16(15)24-17)18(23)20-10-9-13-5-4-6-14(19)11-13/h2-8,11H,9-10,12H2,1H3,(H,20,23). The molecular formula is C18H18FN3OS. The summed E-state index contributed by atoms with van der Waals surface area (Å²) in [6, 6.07) is 14.2. The van der Waals surface area contributed by atoms with Crippen LogP contribution in [0.25, 0.3) is 10.2 Å². The Morgan fingerprint density at radius 1 is 1.25 bits per heavy atom. The maximum absolute atomic E-state index is 13.1. The Kier molecular flexibility index (Phi) is 5.05. The molecule has 0 spiro atoms. The van der Waals surface area contributed by atoms with Crippen molar-refractivity contribution < 1.29 is 9.18 Å². The molecule has 0 bridgehead atoms. The number of nitrogens with one attached hydrogen (secondary N) is 1. The highest BCUT2D eigenvalue weighted by Gasteiger charge is 2.11. The Morgan fingerprint density at radius 3 is 2.88 bits per heavy atom. The van der Waals surface area contributed by atoms with Crippen molar-refractivity contribution in [2.24, 2.45) is 0 Å². The van der Waals surface area contributed by atoms with Crippen LogP contribution in [0.5, 0.6) is 0 Å². The van der Waals surface area contributed by atoms with Crippen molar-refractivity contribution in [2.45, 2.75) is 13.0 Å². The molecule has 4 nitrogen and oxygen atoms in total. The average Bonchev–Trinajstić information content (AvgIpc) is 2.97. The third kappa shape index (κ3) is 4.08. The summed E-state index contributed by atoms with van der Waals surface area (Å²) in [6.45, 7) is 0.928. The highest BCUT2D eigenvalue weighted by molar-refractivity contribution is 7.18. The lowest BCUT2D eigenvalue weighted by atomic mass is 10.1. The second-order valence-corrected chi connectivity index (χ2v) is 6.66. The molecule has 0 saturated carbocycles. The SMILES string of the molecule is CN(Cc1nc2ccccc2s1)C(=O)NCCc1cccc(F)c1. The average molecular weight is 343 g/mol. The van der Waals surface area contributed by atoms with Crippen molar-refractivity contribution >= 4 is 27.6 Å². The molecule has 0 radical (unpaired) electrons. The number of amides is 2. The Hall–Kier alpha value is -2.47. The van der Waals surface area contributed by atoms with Crippen molar-refractivity contribution in [3.05, 3.63) is 64.9 Å². The summed E-state index contributed by atoms with van der Waals surface area (Å²) in [5.41, 5.74) is 1.82. The number of hydrogen-bond acceptors (Lipinski definition) is 3. The number of carbonyl (C=O) groups is 1. The normalized spacial score (nSPS) is 10.8. The zero-order valence-electron chi connectivity index (χ0n) is 13.3. The number of para-hydroxylation sites is 1. The van der Waals surface area contributed by atoms with Crippen molar-refractivity contribution in [1.29, 1.82) is 0 Å². The fraction of sp³-hybridized carbons (Fsp3) is 0.222. The van der Waals surface area contributed by atoms with Gasteiger partial charge in [-0.25, -0.2) is 14.2 Å². The Bertz CT molecular complexity index is 816. The van der Waals surface area contributed by atoms with E-state index >= 15 is 0 Å². The van der Waals surface area contributed by atoms with Gasteiger partial charge >= 0.3 is 6.03 Å². The van der Waals surface area contributed by atoms with Gasteiger partial charge in [-0.3, -0.25) is 0 Å². The highest BCUT2D eigenvalue weighted by atomic mass is 32.1. The van der Waals surface area contributed by atoms with Crippen molar-refractivity contribution in [3.8, 4) is 0 Å². The zero-order valence-corrected chi connectivity index (χ0v) is 14.1. The molecule has 0 saturated heterocycles. The van der Waals surface area contributed by atoms with E-state index < -0.39 is 0 Å². The van der Waals surface area contributed by atoms with Crippen LogP contribution in [-0.2, 0) is 13.0 Å². The highest BCUT2D eigenvalue weighted by Crippen LogP contribution is 2.22. The number of halogens is 1. The number of urea groups is 1. The predicted molar refractivity (Wildman–Crippen MR) is 94.6 cm³/mol. The lowest BCUT2D eigenvalue weighted by Gasteiger charge is -2.16. The number of carbonyl (C=O) groups excluding carboxylic acids is 1. The number of thiazole rings is 1. The fourth-order valence-electron chi connectivity index (χ4n) is 2.40. The lowest BCUT2D eigenvalue weighted by Crippen LogP contribution is -2.37. The van der Waals surface area contributed by atoms with Crippen molar-refractivity contribution in [1.82, 2.24) is 15.2 Å². The van der Waals surface area contributed by atoms with Gasteiger partial charge in [0.05, 0.1) is 16.8 Å². The smallest absolute Gasteiger partial charge is 0.317 e. The van der Waals surface area contributed by atoms with E-state index in [-0.39, 0.29) is 11.8 Å². The van der Waals surface area contributed by atoms with Crippen molar-refractivity contribution in [3.63, 3.8) is 0 Å². The zero-order chi connectivity index (χ0) is 16.9. The third-order valence-electron chi connectivity index (χ3n) is 3.64. The first kappa shape index (κ1) is 16.4. The first-order valence-electron chi connectivity index (χ1n) is 7.69. The second kappa shape index (κ2) is 7.40. The minimum Gasteiger partial charge on any atom is -0.338 e. The van der Waals surface area contributed by atoms with Crippen LogP contribution in [0.3, 0.4) is 0 Å². The number of hydrogen-bond donors (Lipinski definition) is 1. The minimum absolute atomic E-state index is 0.161. The molecule has 124 valence electrons. The largest absolute Gasteiger partial charge is 0.338 e. The molecule has 0 atom stereocenters. The van der Waals surface area contributed by atoms with Gasteiger partial charge in [0, 0.05) is 13.6 Å². The van der Waals surface area contributed by atoms with Crippen LogP contribution in [0.15, 0.2) is 48.5 Å². The Labute approximate surface area is 143 Å². The molecule has 3 rings (SSSR count). The van der Waals surface area contributed by atoms with Crippen LogP contribution in [0, 0.1) is 5.82 Å². The van der Waals surface area contributed by atoms with E-state index in [1.807, 2.05) is 30.3 Å². The molecule has 0 aliphatic carbocycles. The van der Waals surface area contributed by atoms with Gasteiger partial charge in [0.2, 0.25) is 0 Å².